The summed E-state index contributed by atoms with van der Waals surface area (Å²) in [6, 6.07) is 0. The standard InChI is InChI=1S/C11H19BN2O4/c1-10(2,15)11(3,4)18-12(16)8-6-13-7-9(14-8)17-5/h6-7,15-16H,1-5H3. The minimum absolute atomic E-state index is 0.228. The van der Waals surface area contributed by atoms with Crippen molar-refractivity contribution in [3.05, 3.63) is 12.4 Å². The molecule has 0 fully saturated rings. The van der Waals surface area contributed by atoms with Crippen molar-refractivity contribution in [3.8, 4) is 5.88 Å². The first-order chi connectivity index (χ1) is 8.17. The predicted molar refractivity (Wildman–Crippen MR) is 67.7 cm³/mol. The Balaban J connectivity index is 2.85. The molecule has 1 aromatic rings. The number of rotatable bonds is 5. The number of hydrogen-bond acceptors (Lipinski definition) is 6. The Hall–Kier alpha value is -1.18. The van der Waals surface area contributed by atoms with Gasteiger partial charge in [-0.25, -0.2) is 4.98 Å². The number of aromatic nitrogens is 2. The lowest BCUT2D eigenvalue weighted by atomic mass is 9.80. The van der Waals surface area contributed by atoms with E-state index >= 15 is 0 Å². The topological polar surface area (TPSA) is 84.7 Å². The summed E-state index contributed by atoms with van der Waals surface area (Å²) in [6.45, 7) is 6.58. The molecule has 1 rings (SSSR count). The largest absolute Gasteiger partial charge is 0.513 e. The molecular weight excluding hydrogens is 235 g/mol. The first kappa shape index (κ1) is 14.9. The Bertz CT molecular complexity index is 406. The van der Waals surface area contributed by atoms with Gasteiger partial charge in [-0.3, -0.25) is 4.98 Å². The summed E-state index contributed by atoms with van der Waals surface area (Å²) < 4.78 is 10.3. The second-order valence-electron chi connectivity index (χ2n) is 5.03. The quantitative estimate of drug-likeness (QED) is 0.704. The van der Waals surface area contributed by atoms with Gasteiger partial charge in [-0.05, 0) is 27.7 Å². The fourth-order valence-corrected chi connectivity index (χ4v) is 1.06. The van der Waals surface area contributed by atoms with Crippen LogP contribution in [0.3, 0.4) is 0 Å². The van der Waals surface area contributed by atoms with E-state index in [2.05, 4.69) is 9.97 Å². The lowest BCUT2D eigenvalue weighted by Gasteiger charge is -2.38. The van der Waals surface area contributed by atoms with Crippen molar-refractivity contribution >= 4 is 12.7 Å². The van der Waals surface area contributed by atoms with Crippen LogP contribution in [0.25, 0.3) is 0 Å². The lowest BCUT2D eigenvalue weighted by Crippen LogP contribution is -2.53. The maximum absolute atomic E-state index is 9.95. The molecule has 0 amide bonds. The molecule has 0 unspecified atom stereocenters. The summed E-state index contributed by atoms with van der Waals surface area (Å²) in [5, 5.41) is 19.9. The third-order valence-electron chi connectivity index (χ3n) is 2.97. The zero-order valence-electron chi connectivity index (χ0n) is 11.3. The normalized spacial score (nSPS) is 12.4. The van der Waals surface area contributed by atoms with E-state index in [4.69, 9.17) is 9.39 Å². The molecular formula is C11H19BN2O4. The smallest absolute Gasteiger partial charge is 0.480 e. The maximum Gasteiger partial charge on any atom is 0.513 e. The molecule has 0 saturated carbocycles. The van der Waals surface area contributed by atoms with Crippen molar-refractivity contribution < 1.29 is 19.5 Å². The van der Waals surface area contributed by atoms with Crippen LogP contribution in [-0.4, -0.2) is 45.5 Å². The number of aliphatic hydroxyl groups is 1. The summed E-state index contributed by atoms with van der Waals surface area (Å²) in [4.78, 5) is 7.89. The van der Waals surface area contributed by atoms with Gasteiger partial charge in [-0.1, -0.05) is 0 Å². The molecule has 0 spiro atoms. The molecule has 1 aromatic heterocycles. The molecule has 0 bridgehead atoms. The van der Waals surface area contributed by atoms with E-state index in [0.29, 0.717) is 0 Å². The van der Waals surface area contributed by atoms with E-state index in [0.717, 1.165) is 0 Å². The van der Waals surface area contributed by atoms with Crippen LogP contribution in [0.1, 0.15) is 27.7 Å². The average Bonchev–Trinajstić information content (AvgIpc) is 2.27. The van der Waals surface area contributed by atoms with Gasteiger partial charge in [-0.2, -0.15) is 0 Å². The minimum Gasteiger partial charge on any atom is -0.480 e. The summed E-state index contributed by atoms with van der Waals surface area (Å²) in [5.41, 5.74) is -1.83. The van der Waals surface area contributed by atoms with Crippen molar-refractivity contribution in [1.29, 1.82) is 0 Å². The first-order valence-corrected chi connectivity index (χ1v) is 5.61. The van der Waals surface area contributed by atoms with E-state index in [-0.39, 0.29) is 11.5 Å². The van der Waals surface area contributed by atoms with Gasteiger partial charge >= 0.3 is 7.12 Å². The third-order valence-corrected chi connectivity index (χ3v) is 2.97. The van der Waals surface area contributed by atoms with Gasteiger partial charge in [0.1, 0.15) is 0 Å². The summed E-state index contributed by atoms with van der Waals surface area (Å²) in [7, 11) is 0.177. The van der Waals surface area contributed by atoms with E-state index in [1.807, 2.05) is 0 Å². The molecule has 0 radical (unpaired) electrons. The van der Waals surface area contributed by atoms with E-state index < -0.39 is 18.3 Å². The molecule has 0 saturated heterocycles. The van der Waals surface area contributed by atoms with E-state index in [1.54, 1.807) is 27.7 Å². The SMILES string of the molecule is COc1cncc(B(O)OC(C)(C)C(C)(C)O)n1. The molecule has 0 aliphatic carbocycles. The first-order valence-electron chi connectivity index (χ1n) is 5.61. The van der Waals surface area contributed by atoms with Crippen LogP contribution in [0, 0.1) is 0 Å². The van der Waals surface area contributed by atoms with Crippen molar-refractivity contribution in [1.82, 2.24) is 9.97 Å². The molecule has 1 heterocycles. The fourth-order valence-electron chi connectivity index (χ4n) is 1.06. The third kappa shape index (κ3) is 3.41. The molecule has 100 valence electrons. The van der Waals surface area contributed by atoms with Gasteiger partial charge in [0.25, 0.3) is 0 Å². The molecule has 0 aromatic carbocycles. The van der Waals surface area contributed by atoms with Gasteiger partial charge in [0.05, 0.1) is 30.1 Å². The Morgan fingerprint density at radius 1 is 1.22 bits per heavy atom. The van der Waals surface area contributed by atoms with Crippen LogP contribution >= 0.6 is 0 Å². The van der Waals surface area contributed by atoms with Gasteiger partial charge in [0.15, 0.2) is 0 Å². The monoisotopic (exact) mass is 254 g/mol. The van der Waals surface area contributed by atoms with Crippen LogP contribution in [0.4, 0.5) is 0 Å². The molecule has 0 aliphatic rings. The Labute approximate surface area is 107 Å². The zero-order chi connectivity index (χ0) is 14.0. The lowest BCUT2D eigenvalue weighted by molar-refractivity contribution is -0.0983. The molecule has 7 heteroatoms. The summed E-state index contributed by atoms with van der Waals surface area (Å²) in [5.74, 6) is 0.288. The second-order valence-corrected chi connectivity index (χ2v) is 5.03. The highest BCUT2D eigenvalue weighted by Gasteiger charge is 2.40. The summed E-state index contributed by atoms with van der Waals surface area (Å²) >= 11 is 0. The minimum atomic E-state index is -1.28. The van der Waals surface area contributed by atoms with Crippen LogP contribution in [-0.2, 0) is 4.65 Å². The molecule has 6 nitrogen and oxygen atoms in total. The van der Waals surface area contributed by atoms with Crippen LogP contribution in [0.2, 0.25) is 0 Å². The van der Waals surface area contributed by atoms with E-state index in [9.17, 15) is 10.1 Å². The van der Waals surface area contributed by atoms with Gasteiger partial charge in [-0.15, -0.1) is 0 Å². The second kappa shape index (κ2) is 5.21. The Morgan fingerprint density at radius 2 is 1.83 bits per heavy atom. The zero-order valence-corrected chi connectivity index (χ0v) is 11.3. The molecule has 2 N–H and O–H groups in total. The fraction of sp³-hybridized carbons (Fsp3) is 0.636. The number of nitrogens with zero attached hydrogens (tertiary/aromatic N) is 2. The predicted octanol–water partition coefficient (Wildman–Crippen LogP) is -0.261. The molecule has 0 aliphatic heterocycles. The number of methoxy groups -OCH3 is 1. The van der Waals surface area contributed by atoms with E-state index in [1.165, 1.54) is 19.5 Å². The van der Waals surface area contributed by atoms with Crippen molar-refractivity contribution in [2.45, 2.75) is 38.9 Å². The molecule has 18 heavy (non-hydrogen) atoms. The summed E-state index contributed by atoms with van der Waals surface area (Å²) in [6.07, 6.45) is 2.81. The number of hydrogen-bond donors (Lipinski definition) is 2. The highest BCUT2D eigenvalue weighted by molar-refractivity contribution is 6.59. The van der Waals surface area contributed by atoms with Gasteiger partial charge in [0.2, 0.25) is 5.88 Å². The van der Waals surface area contributed by atoms with Crippen molar-refractivity contribution in [2.75, 3.05) is 7.11 Å². The average molecular weight is 254 g/mol. The highest BCUT2D eigenvalue weighted by Crippen LogP contribution is 2.25. The van der Waals surface area contributed by atoms with Crippen LogP contribution in [0.5, 0.6) is 5.88 Å². The number of ether oxygens (including phenoxy) is 1. The van der Waals surface area contributed by atoms with Gasteiger partial charge < -0.3 is 19.5 Å². The maximum atomic E-state index is 9.95. The van der Waals surface area contributed by atoms with Crippen molar-refractivity contribution in [3.63, 3.8) is 0 Å². The highest BCUT2D eigenvalue weighted by atomic mass is 16.5. The van der Waals surface area contributed by atoms with Crippen LogP contribution in [0.15, 0.2) is 12.4 Å². The van der Waals surface area contributed by atoms with Gasteiger partial charge in [0, 0.05) is 6.20 Å². The van der Waals surface area contributed by atoms with Crippen molar-refractivity contribution in [2.24, 2.45) is 0 Å². The molecule has 0 atom stereocenters. The Kier molecular flexibility index (Phi) is 4.31. The van der Waals surface area contributed by atoms with Crippen LogP contribution < -0.4 is 10.3 Å². The Morgan fingerprint density at radius 3 is 2.33 bits per heavy atom.